The van der Waals surface area contributed by atoms with Gasteiger partial charge in [-0.3, -0.25) is 4.79 Å². The van der Waals surface area contributed by atoms with E-state index in [0.717, 1.165) is 16.2 Å². The molecule has 3 aromatic heterocycles. The Balaban J connectivity index is 1.62. The second-order valence-corrected chi connectivity index (χ2v) is 6.58. The first-order chi connectivity index (χ1) is 13.2. The molecule has 0 aliphatic rings. The number of nitrogens with one attached hydrogen (secondary N) is 1. The van der Waals surface area contributed by atoms with Gasteiger partial charge < -0.3 is 14.5 Å². The van der Waals surface area contributed by atoms with E-state index in [1.807, 2.05) is 41.8 Å². The number of methoxy groups -OCH3 is 1. The van der Waals surface area contributed by atoms with Crippen molar-refractivity contribution >= 4 is 23.2 Å². The number of benzene rings is 1. The Morgan fingerprint density at radius 2 is 2.07 bits per heavy atom. The number of carbonyl (C=O) groups is 1. The number of aromatic nitrogens is 3. The number of hydrogen-bond acceptors (Lipinski definition) is 7. The van der Waals surface area contributed by atoms with Crippen molar-refractivity contribution in [1.29, 1.82) is 0 Å². The SMILES string of the molecule is COc1ccc(CNc2nc(-c3cccs3)nn2C(=O)c2ccco2)cc1. The lowest BCUT2D eigenvalue weighted by Gasteiger charge is -2.07. The van der Waals surface area contributed by atoms with Crippen LogP contribution in [0.1, 0.15) is 16.1 Å². The van der Waals surface area contributed by atoms with Crippen molar-refractivity contribution in [3.05, 3.63) is 71.5 Å². The number of carbonyl (C=O) groups excluding carboxylic acids is 1. The summed E-state index contributed by atoms with van der Waals surface area (Å²) in [6, 6.07) is 14.7. The summed E-state index contributed by atoms with van der Waals surface area (Å²) in [4.78, 5) is 18.1. The lowest BCUT2D eigenvalue weighted by Crippen LogP contribution is -2.17. The highest BCUT2D eigenvalue weighted by Gasteiger charge is 2.20. The molecule has 4 rings (SSSR count). The van der Waals surface area contributed by atoms with Crippen molar-refractivity contribution in [2.24, 2.45) is 0 Å². The Kier molecular flexibility index (Phi) is 4.71. The van der Waals surface area contributed by atoms with Gasteiger partial charge in [0.1, 0.15) is 5.75 Å². The molecule has 1 aromatic carbocycles. The number of furan rings is 1. The molecule has 0 radical (unpaired) electrons. The number of thiophene rings is 1. The monoisotopic (exact) mass is 380 g/mol. The minimum atomic E-state index is -0.382. The number of nitrogens with zero attached hydrogens (tertiary/aromatic N) is 3. The van der Waals surface area contributed by atoms with E-state index in [1.54, 1.807) is 19.2 Å². The molecule has 0 atom stereocenters. The number of rotatable bonds is 6. The summed E-state index contributed by atoms with van der Waals surface area (Å²) in [5, 5.41) is 9.49. The van der Waals surface area contributed by atoms with Gasteiger partial charge in [0, 0.05) is 6.54 Å². The molecule has 3 heterocycles. The minimum absolute atomic E-state index is 0.199. The van der Waals surface area contributed by atoms with Crippen LogP contribution in [0.4, 0.5) is 5.95 Å². The molecule has 0 aliphatic carbocycles. The van der Waals surface area contributed by atoms with Gasteiger partial charge in [0.15, 0.2) is 11.6 Å². The molecule has 0 bridgehead atoms. The van der Waals surface area contributed by atoms with E-state index in [2.05, 4.69) is 15.4 Å². The summed E-state index contributed by atoms with van der Waals surface area (Å²) >= 11 is 1.51. The Morgan fingerprint density at radius 3 is 2.74 bits per heavy atom. The zero-order valence-electron chi connectivity index (χ0n) is 14.5. The molecule has 0 saturated carbocycles. The van der Waals surface area contributed by atoms with Crippen LogP contribution in [0.5, 0.6) is 5.75 Å². The highest BCUT2D eigenvalue weighted by atomic mass is 32.1. The van der Waals surface area contributed by atoms with Crippen molar-refractivity contribution in [2.75, 3.05) is 12.4 Å². The van der Waals surface area contributed by atoms with Crippen molar-refractivity contribution in [1.82, 2.24) is 14.8 Å². The van der Waals surface area contributed by atoms with Crippen molar-refractivity contribution in [3.8, 4) is 16.5 Å². The number of hydrogen-bond donors (Lipinski definition) is 1. The number of ether oxygens (including phenoxy) is 1. The molecule has 0 unspecified atom stereocenters. The molecule has 0 spiro atoms. The first kappa shape index (κ1) is 17.0. The molecular weight excluding hydrogens is 364 g/mol. The van der Waals surface area contributed by atoms with Crippen molar-refractivity contribution in [3.63, 3.8) is 0 Å². The van der Waals surface area contributed by atoms with E-state index >= 15 is 0 Å². The normalized spacial score (nSPS) is 10.7. The zero-order valence-corrected chi connectivity index (χ0v) is 15.3. The quantitative estimate of drug-likeness (QED) is 0.546. The van der Waals surface area contributed by atoms with Crippen LogP contribution in [0.15, 0.2) is 64.6 Å². The minimum Gasteiger partial charge on any atom is -0.497 e. The van der Waals surface area contributed by atoms with Crippen LogP contribution in [-0.4, -0.2) is 27.8 Å². The fourth-order valence-electron chi connectivity index (χ4n) is 2.51. The van der Waals surface area contributed by atoms with Gasteiger partial charge in [-0.2, -0.15) is 9.67 Å². The Bertz CT molecular complexity index is 1020. The van der Waals surface area contributed by atoms with Crippen LogP contribution >= 0.6 is 11.3 Å². The van der Waals surface area contributed by atoms with Gasteiger partial charge in [-0.25, -0.2) is 0 Å². The van der Waals surface area contributed by atoms with Gasteiger partial charge in [0.2, 0.25) is 5.95 Å². The van der Waals surface area contributed by atoms with Gasteiger partial charge in [0.25, 0.3) is 0 Å². The molecule has 0 fully saturated rings. The molecule has 0 saturated heterocycles. The van der Waals surface area contributed by atoms with Crippen LogP contribution < -0.4 is 10.1 Å². The molecule has 0 amide bonds. The maximum Gasteiger partial charge on any atom is 0.317 e. The average molecular weight is 380 g/mol. The van der Waals surface area contributed by atoms with Gasteiger partial charge in [-0.1, -0.05) is 18.2 Å². The molecule has 1 N–H and O–H groups in total. The van der Waals surface area contributed by atoms with Crippen LogP contribution in [0.25, 0.3) is 10.7 Å². The fourth-order valence-corrected chi connectivity index (χ4v) is 3.16. The maximum atomic E-state index is 12.7. The maximum absolute atomic E-state index is 12.7. The standard InChI is InChI=1S/C19H16N4O3S/c1-25-14-8-6-13(7-9-14)12-20-19-21-17(16-5-3-11-27-16)22-23(19)18(24)15-4-2-10-26-15/h2-11H,12H2,1H3,(H,20,21,22). The molecular formula is C19H16N4O3S. The predicted octanol–water partition coefficient (Wildman–Crippen LogP) is 3.91. The Hall–Kier alpha value is -3.39. The first-order valence-corrected chi connectivity index (χ1v) is 9.08. The first-order valence-electron chi connectivity index (χ1n) is 8.20. The van der Waals surface area contributed by atoms with E-state index < -0.39 is 0 Å². The van der Waals surface area contributed by atoms with E-state index in [0.29, 0.717) is 18.3 Å². The van der Waals surface area contributed by atoms with Gasteiger partial charge in [-0.05, 0) is 41.3 Å². The summed E-state index contributed by atoms with van der Waals surface area (Å²) in [5.41, 5.74) is 1.02. The summed E-state index contributed by atoms with van der Waals surface area (Å²) in [5.74, 6) is 1.45. The topological polar surface area (TPSA) is 82.2 Å². The summed E-state index contributed by atoms with van der Waals surface area (Å²) < 4.78 is 11.6. The highest BCUT2D eigenvalue weighted by molar-refractivity contribution is 7.13. The van der Waals surface area contributed by atoms with E-state index in [9.17, 15) is 4.79 Å². The van der Waals surface area contributed by atoms with Gasteiger partial charge in [0.05, 0.1) is 18.3 Å². The van der Waals surface area contributed by atoms with Gasteiger partial charge >= 0.3 is 5.91 Å². The second-order valence-electron chi connectivity index (χ2n) is 5.63. The summed E-state index contributed by atoms with van der Waals surface area (Å²) in [7, 11) is 1.63. The van der Waals surface area contributed by atoms with Crippen LogP contribution in [0, 0.1) is 0 Å². The largest absolute Gasteiger partial charge is 0.497 e. The Labute approximate surface area is 159 Å². The van der Waals surface area contributed by atoms with E-state index in [4.69, 9.17) is 9.15 Å². The van der Waals surface area contributed by atoms with Crippen molar-refractivity contribution < 1.29 is 13.9 Å². The molecule has 7 nitrogen and oxygen atoms in total. The van der Waals surface area contributed by atoms with Crippen LogP contribution in [-0.2, 0) is 6.54 Å². The van der Waals surface area contributed by atoms with Crippen molar-refractivity contribution in [2.45, 2.75) is 6.54 Å². The van der Waals surface area contributed by atoms with Crippen LogP contribution in [0.2, 0.25) is 0 Å². The smallest absolute Gasteiger partial charge is 0.317 e. The summed E-state index contributed by atoms with van der Waals surface area (Å²) in [6.07, 6.45) is 1.45. The molecule has 27 heavy (non-hydrogen) atoms. The van der Waals surface area contributed by atoms with Crippen LogP contribution in [0.3, 0.4) is 0 Å². The van der Waals surface area contributed by atoms with E-state index in [-0.39, 0.29) is 11.7 Å². The average Bonchev–Trinajstić information content (AvgIpc) is 3.47. The zero-order chi connectivity index (χ0) is 18.6. The number of anilines is 1. The third-order valence-corrected chi connectivity index (χ3v) is 4.75. The second kappa shape index (κ2) is 7.46. The predicted molar refractivity (Wildman–Crippen MR) is 102 cm³/mol. The van der Waals surface area contributed by atoms with Gasteiger partial charge in [-0.15, -0.1) is 16.4 Å². The lowest BCUT2D eigenvalue weighted by molar-refractivity contribution is 0.0920. The van der Waals surface area contributed by atoms with E-state index in [1.165, 1.54) is 22.3 Å². The molecule has 8 heteroatoms. The third kappa shape index (κ3) is 3.61. The third-order valence-electron chi connectivity index (χ3n) is 3.88. The Morgan fingerprint density at radius 1 is 1.22 bits per heavy atom. The molecule has 4 aromatic rings. The highest BCUT2D eigenvalue weighted by Crippen LogP contribution is 2.24. The fraction of sp³-hybridized carbons (Fsp3) is 0.105. The molecule has 136 valence electrons. The lowest BCUT2D eigenvalue weighted by atomic mass is 10.2. The molecule has 0 aliphatic heterocycles. The summed E-state index contributed by atoms with van der Waals surface area (Å²) in [6.45, 7) is 0.484.